The highest BCUT2D eigenvalue weighted by Crippen LogP contribution is 2.44. The van der Waals surface area contributed by atoms with E-state index in [4.69, 9.17) is 4.74 Å². The van der Waals surface area contributed by atoms with E-state index in [0.717, 1.165) is 0 Å². The Bertz CT molecular complexity index is 546. The van der Waals surface area contributed by atoms with E-state index in [0.29, 0.717) is 36.5 Å². The van der Waals surface area contributed by atoms with E-state index in [-0.39, 0.29) is 17.6 Å². The van der Waals surface area contributed by atoms with Crippen LogP contribution in [0.1, 0.15) is 37.1 Å². The minimum absolute atomic E-state index is 0.217. The monoisotopic (exact) mass is 330 g/mol. The first-order chi connectivity index (χ1) is 10.4. The molecule has 1 fully saturated rings. The summed E-state index contributed by atoms with van der Waals surface area (Å²) in [5, 5.41) is 0.359. The topological polar surface area (TPSA) is 52.1 Å². The van der Waals surface area contributed by atoms with Crippen molar-refractivity contribution in [2.24, 2.45) is 11.8 Å². The predicted molar refractivity (Wildman–Crippen MR) is 79.9 cm³/mol. The van der Waals surface area contributed by atoms with Crippen molar-refractivity contribution < 1.29 is 18.3 Å². The normalized spacial score (nSPS) is 22.4. The van der Waals surface area contributed by atoms with Crippen LogP contribution in [0.3, 0.4) is 0 Å². The predicted octanol–water partition coefficient (Wildman–Crippen LogP) is 3.58. The number of methoxy groups -OCH3 is 1. The molecular weight excluding hydrogens is 310 g/mol. The van der Waals surface area contributed by atoms with Crippen LogP contribution in [-0.4, -0.2) is 29.3 Å². The molecule has 7 heteroatoms. The molecule has 1 aliphatic carbocycles. The highest BCUT2D eigenvalue weighted by molar-refractivity contribution is 7.98. The smallest absolute Gasteiger partial charge is 0.308 e. The SMILES string of the molecule is COC(=O)C1CCC(C(F)(F)c2cc(C)nc(SC)n2)CC1. The molecule has 0 bridgehead atoms. The summed E-state index contributed by atoms with van der Waals surface area (Å²) in [6.07, 6.45) is 3.23. The summed E-state index contributed by atoms with van der Waals surface area (Å²) in [6, 6.07) is 1.35. The number of aromatic nitrogens is 2. The van der Waals surface area contributed by atoms with Crippen molar-refractivity contribution in [3.05, 3.63) is 17.5 Å². The van der Waals surface area contributed by atoms with Crippen LogP contribution in [0.25, 0.3) is 0 Å². The number of nitrogens with zero attached hydrogens (tertiary/aromatic N) is 2. The minimum atomic E-state index is -3.00. The van der Waals surface area contributed by atoms with Gasteiger partial charge in [0.1, 0.15) is 5.69 Å². The summed E-state index contributed by atoms with van der Waals surface area (Å²) < 4.78 is 34.2. The van der Waals surface area contributed by atoms with E-state index in [1.807, 2.05) is 0 Å². The van der Waals surface area contributed by atoms with Crippen LogP contribution in [0, 0.1) is 18.8 Å². The molecule has 1 saturated carbocycles. The first kappa shape index (κ1) is 17.1. The second-order valence-electron chi connectivity index (χ2n) is 5.58. The van der Waals surface area contributed by atoms with Gasteiger partial charge in [-0.25, -0.2) is 9.97 Å². The van der Waals surface area contributed by atoms with Crippen molar-refractivity contribution >= 4 is 17.7 Å². The number of carbonyl (C=O) groups is 1. The Balaban J connectivity index is 2.14. The van der Waals surface area contributed by atoms with Gasteiger partial charge < -0.3 is 4.74 Å². The highest BCUT2D eigenvalue weighted by Gasteiger charge is 2.45. The molecule has 0 radical (unpaired) electrons. The molecule has 1 aliphatic rings. The Hall–Kier alpha value is -1.24. The average Bonchev–Trinajstić information content (AvgIpc) is 2.53. The molecule has 122 valence electrons. The number of ether oxygens (including phenoxy) is 1. The average molecular weight is 330 g/mol. The van der Waals surface area contributed by atoms with E-state index in [1.165, 1.54) is 24.9 Å². The van der Waals surface area contributed by atoms with Gasteiger partial charge in [-0.05, 0) is 44.9 Å². The van der Waals surface area contributed by atoms with Gasteiger partial charge in [0, 0.05) is 11.6 Å². The zero-order chi connectivity index (χ0) is 16.3. The van der Waals surface area contributed by atoms with Gasteiger partial charge in [0.15, 0.2) is 5.16 Å². The molecule has 2 rings (SSSR count). The number of hydrogen-bond donors (Lipinski definition) is 0. The fraction of sp³-hybridized carbons (Fsp3) is 0.667. The van der Waals surface area contributed by atoms with Crippen LogP contribution in [0.4, 0.5) is 8.78 Å². The largest absolute Gasteiger partial charge is 0.469 e. The summed E-state index contributed by atoms with van der Waals surface area (Å²) in [5.41, 5.74) is 0.322. The number of carbonyl (C=O) groups excluding carboxylic acids is 1. The Kier molecular flexibility index (Phi) is 5.36. The van der Waals surface area contributed by atoms with E-state index in [2.05, 4.69) is 9.97 Å². The molecule has 0 unspecified atom stereocenters. The number of thioether (sulfide) groups is 1. The lowest BCUT2D eigenvalue weighted by Gasteiger charge is -2.32. The highest BCUT2D eigenvalue weighted by atomic mass is 32.2. The lowest BCUT2D eigenvalue weighted by molar-refractivity contribution is -0.149. The van der Waals surface area contributed by atoms with Gasteiger partial charge in [0.2, 0.25) is 0 Å². The fourth-order valence-electron chi connectivity index (χ4n) is 2.87. The Morgan fingerprint density at radius 3 is 2.50 bits per heavy atom. The summed E-state index contributed by atoms with van der Waals surface area (Å²) in [7, 11) is 1.33. The van der Waals surface area contributed by atoms with Gasteiger partial charge in [-0.2, -0.15) is 8.78 Å². The van der Waals surface area contributed by atoms with E-state index in [9.17, 15) is 13.6 Å². The molecule has 0 saturated heterocycles. The van der Waals surface area contributed by atoms with Crippen LogP contribution in [-0.2, 0) is 15.5 Å². The van der Waals surface area contributed by atoms with Crippen molar-refractivity contribution in [3.8, 4) is 0 Å². The Labute approximate surface area is 133 Å². The van der Waals surface area contributed by atoms with Gasteiger partial charge in [0.05, 0.1) is 13.0 Å². The van der Waals surface area contributed by atoms with Gasteiger partial charge in [-0.15, -0.1) is 0 Å². The quantitative estimate of drug-likeness (QED) is 0.480. The van der Waals surface area contributed by atoms with Crippen molar-refractivity contribution in [2.75, 3.05) is 13.4 Å². The number of aryl methyl sites for hydroxylation is 1. The molecule has 0 aliphatic heterocycles. The molecule has 0 atom stereocenters. The number of halogens is 2. The van der Waals surface area contributed by atoms with E-state index in [1.54, 1.807) is 13.2 Å². The maximum Gasteiger partial charge on any atom is 0.308 e. The molecule has 1 aromatic rings. The molecule has 22 heavy (non-hydrogen) atoms. The third kappa shape index (κ3) is 3.56. The van der Waals surface area contributed by atoms with Gasteiger partial charge >= 0.3 is 5.97 Å². The van der Waals surface area contributed by atoms with Gasteiger partial charge in [-0.1, -0.05) is 11.8 Å². The van der Waals surface area contributed by atoms with Crippen LogP contribution in [0.2, 0.25) is 0 Å². The van der Waals surface area contributed by atoms with E-state index < -0.39 is 11.8 Å². The van der Waals surface area contributed by atoms with E-state index >= 15 is 0 Å². The number of hydrogen-bond acceptors (Lipinski definition) is 5. The maximum absolute atomic E-state index is 14.7. The van der Waals surface area contributed by atoms with Crippen molar-refractivity contribution in [1.29, 1.82) is 0 Å². The summed E-state index contributed by atoms with van der Waals surface area (Å²) >= 11 is 1.25. The third-order valence-corrected chi connectivity index (χ3v) is 4.68. The zero-order valence-corrected chi connectivity index (χ0v) is 13.8. The molecule has 4 nitrogen and oxygen atoms in total. The second-order valence-corrected chi connectivity index (χ2v) is 6.35. The van der Waals surface area contributed by atoms with Gasteiger partial charge in [-0.3, -0.25) is 4.79 Å². The minimum Gasteiger partial charge on any atom is -0.469 e. The zero-order valence-electron chi connectivity index (χ0n) is 12.9. The number of rotatable bonds is 4. The molecule has 0 amide bonds. The van der Waals surface area contributed by atoms with Crippen LogP contribution in [0.15, 0.2) is 11.2 Å². The summed E-state index contributed by atoms with van der Waals surface area (Å²) in [4.78, 5) is 19.6. The standard InChI is InChI=1S/C15H20F2N2O2S/c1-9-8-12(19-14(18-9)22-3)15(16,17)11-6-4-10(5-7-11)13(20)21-2/h8,10-11H,4-7H2,1-3H3. The first-order valence-electron chi connectivity index (χ1n) is 7.24. The van der Waals surface area contributed by atoms with Crippen molar-refractivity contribution in [3.63, 3.8) is 0 Å². The van der Waals surface area contributed by atoms with Gasteiger partial charge in [0.25, 0.3) is 5.92 Å². The second kappa shape index (κ2) is 6.89. The van der Waals surface area contributed by atoms with Crippen molar-refractivity contribution in [1.82, 2.24) is 9.97 Å². The summed E-state index contributed by atoms with van der Waals surface area (Å²) in [5.74, 6) is -4.35. The van der Waals surface area contributed by atoms with Crippen molar-refractivity contribution in [2.45, 2.75) is 43.7 Å². The lowest BCUT2D eigenvalue weighted by atomic mass is 9.78. The number of esters is 1. The van der Waals surface area contributed by atoms with Crippen LogP contribution >= 0.6 is 11.8 Å². The molecule has 0 spiro atoms. The molecular formula is C15H20F2N2O2S. The lowest BCUT2D eigenvalue weighted by Crippen LogP contribution is -2.33. The third-order valence-electron chi connectivity index (χ3n) is 4.13. The molecule has 1 heterocycles. The van der Waals surface area contributed by atoms with Crippen LogP contribution in [0.5, 0.6) is 0 Å². The maximum atomic E-state index is 14.7. The fourth-order valence-corrected chi connectivity index (χ4v) is 3.30. The molecule has 0 N–H and O–H groups in total. The number of alkyl halides is 2. The molecule has 0 aromatic carbocycles. The first-order valence-corrected chi connectivity index (χ1v) is 8.46. The Morgan fingerprint density at radius 2 is 1.95 bits per heavy atom. The Morgan fingerprint density at radius 1 is 1.32 bits per heavy atom. The van der Waals surface area contributed by atoms with Crippen LogP contribution < -0.4 is 0 Å². The molecule has 1 aromatic heterocycles. The summed E-state index contributed by atoms with van der Waals surface area (Å²) in [6.45, 7) is 1.69.